The fourth-order valence-electron chi connectivity index (χ4n) is 2.79. The van der Waals surface area contributed by atoms with E-state index in [2.05, 4.69) is 6.92 Å². The van der Waals surface area contributed by atoms with E-state index in [0.717, 1.165) is 25.8 Å². The van der Waals surface area contributed by atoms with Crippen LogP contribution in [0.4, 0.5) is 0 Å². The normalized spacial score (nSPS) is 18.3. The first kappa shape index (κ1) is 14.5. The Hall–Kier alpha value is -0.570. The molecule has 0 spiro atoms. The second kappa shape index (κ2) is 7.70. The van der Waals surface area contributed by atoms with Gasteiger partial charge in [0.05, 0.1) is 0 Å². The van der Waals surface area contributed by atoms with Gasteiger partial charge < -0.3 is 10.6 Å². The van der Waals surface area contributed by atoms with Gasteiger partial charge in [0.1, 0.15) is 0 Å². The van der Waals surface area contributed by atoms with Crippen molar-refractivity contribution in [3.8, 4) is 0 Å². The molecule has 3 heteroatoms. The lowest BCUT2D eigenvalue weighted by Crippen LogP contribution is -2.35. The van der Waals surface area contributed by atoms with Crippen molar-refractivity contribution < 1.29 is 4.79 Å². The molecule has 3 nitrogen and oxygen atoms in total. The minimum absolute atomic E-state index is 0.326. The van der Waals surface area contributed by atoms with Crippen LogP contribution in [0.2, 0.25) is 0 Å². The van der Waals surface area contributed by atoms with Gasteiger partial charge in [-0.3, -0.25) is 4.79 Å². The van der Waals surface area contributed by atoms with Crippen LogP contribution in [0, 0.1) is 5.92 Å². The molecule has 0 radical (unpaired) electrons. The van der Waals surface area contributed by atoms with Crippen molar-refractivity contribution in [3.63, 3.8) is 0 Å². The van der Waals surface area contributed by atoms with E-state index in [1.807, 2.05) is 11.9 Å². The summed E-state index contributed by atoms with van der Waals surface area (Å²) < 4.78 is 0. The maximum absolute atomic E-state index is 12.0. The molecule has 0 saturated heterocycles. The predicted molar refractivity (Wildman–Crippen MR) is 71.7 cm³/mol. The maximum Gasteiger partial charge on any atom is 0.222 e. The van der Waals surface area contributed by atoms with Crippen molar-refractivity contribution in [3.05, 3.63) is 0 Å². The number of carbonyl (C=O) groups excluding carboxylic acids is 1. The molecule has 1 atom stereocenters. The van der Waals surface area contributed by atoms with Gasteiger partial charge in [0.25, 0.3) is 0 Å². The Balaban J connectivity index is 2.27. The van der Waals surface area contributed by atoms with E-state index in [4.69, 9.17) is 5.73 Å². The van der Waals surface area contributed by atoms with Crippen LogP contribution >= 0.6 is 0 Å². The first-order chi connectivity index (χ1) is 8.19. The summed E-state index contributed by atoms with van der Waals surface area (Å²) in [5, 5.41) is 0. The number of nitrogens with zero attached hydrogens (tertiary/aromatic N) is 1. The molecule has 100 valence electrons. The zero-order valence-electron chi connectivity index (χ0n) is 11.5. The summed E-state index contributed by atoms with van der Waals surface area (Å²) in [5.74, 6) is 0.952. The van der Waals surface area contributed by atoms with Gasteiger partial charge in [-0.05, 0) is 38.1 Å². The highest BCUT2D eigenvalue weighted by atomic mass is 16.2. The average Bonchev–Trinajstić information content (AvgIpc) is 2.86. The number of rotatable bonds is 7. The lowest BCUT2D eigenvalue weighted by Gasteiger charge is -2.25. The molecule has 1 rings (SSSR count). The van der Waals surface area contributed by atoms with Crippen molar-refractivity contribution in [2.24, 2.45) is 11.7 Å². The van der Waals surface area contributed by atoms with Gasteiger partial charge in [0.15, 0.2) is 0 Å². The summed E-state index contributed by atoms with van der Waals surface area (Å²) in [5.41, 5.74) is 5.58. The van der Waals surface area contributed by atoms with Crippen LogP contribution < -0.4 is 5.73 Å². The van der Waals surface area contributed by atoms with E-state index >= 15 is 0 Å². The van der Waals surface area contributed by atoms with Gasteiger partial charge in [-0.1, -0.05) is 26.2 Å². The highest BCUT2D eigenvalue weighted by molar-refractivity contribution is 5.76. The molecule has 1 unspecified atom stereocenters. The minimum atomic E-state index is 0.326. The quantitative estimate of drug-likeness (QED) is 0.743. The molecule has 1 aliphatic carbocycles. The third kappa shape index (κ3) is 4.66. The molecule has 1 saturated carbocycles. The third-order valence-corrected chi connectivity index (χ3v) is 4.18. The smallest absolute Gasteiger partial charge is 0.222 e. The molecule has 0 aromatic heterocycles. The third-order valence-electron chi connectivity index (χ3n) is 4.18. The van der Waals surface area contributed by atoms with Crippen molar-refractivity contribution in [1.82, 2.24) is 4.90 Å². The molecule has 0 bridgehead atoms. The first-order valence-corrected chi connectivity index (χ1v) is 7.14. The van der Waals surface area contributed by atoms with Crippen LogP contribution in [-0.4, -0.2) is 30.4 Å². The topological polar surface area (TPSA) is 46.3 Å². The number of carbonyl (C=O) groups is 1. The number of nitrogens with two attached hydrogens (primary N) is 1. The van der Waals surface area contributed by atoms with E-state index in [0.29, 0.717) is 24.3 Å². The van der Waals surface area contributed by atoms with Crippen LogP contribution in [0.5, 0.6) is 0 Å². The average molecular weight is 240 g/mol. The molecular weight excluding hydrogens is 212 g/mol. The van der Waals surface area contributed by atoms with Crippen LogP contribution in [0.1, 0.15) is 58.3 Å². The summed E-state index contributed by atoms with van der Waals surface area (Å²) in [6.45, 7) is 2.93. The molecule has 0 heterocycles. The van der Waals surface area contributed by atoms with Crippen molar-refractivity contribution >= 4 is 5.91 Å². The zero-order valence-corrected chi connectivity index (χ0v) is 11.5. The van der Waals surface area contributed by atoms with E-state index in [1.54, 1.807) is 0 Å². The van der Waals surface area contributed by atoms with Crippen LogP contribution in [0.3, 0.4) is 0 Å². The van der Waals surface area contributed by atoms with Crippen molar-refractivity contribution in [2.75, 3.05) is 13.6 Å². The second-order valence-electron chi connectivity index (χ2n) is 5.33. The lowest BCUT2D eigenvalue weighted by molar-refractivity contribution is -0.132. The van der Waals surface area contributed by atoms with Gasteiger partial charge in [0.2, 0.25) is 5.91 Å². The Morgan fingerprint density at radius 2 is 2.00 bits per heavy atom. The highest BCUT2D eigenvalue weighted by Gasteiger charge is 2.23. The molecule has 1 aliphatic rings. The van der Waals surface area contributed by atoms with Crippen LogP contribution in [0.15, 0.2) is 0 Å². The Morgan fingerprint density at radius 3 is 2.53 bits per heavy atom. The van der Waals surface area contributed by atoms with Crippen molar-refractivity contribution in [1.29, 1.82) is 0 Å². The molecule has 1 amide bonds. The predicted octanol–water partition coefficient (Wildman–Crippen LogP) is 2.54. The number of hydrogen-bond donors (Lipinski definition) is 1. The Morgan fingerprint density at radius 1 is 1.35 bits per heavy atom. The SMILES string of the molecule is CCC(CCN)CCC(=O)N(C)C1CCCC1. The molecule has 2 N–H and O–H groups in total. The van der Waals surface area contributed by atoms with Gasteiger partial charge in [-0.2, -0.15) is 0 Å². The fourth-order valence-corrected chi connectivity index (χ4v) is 2.79. The summed E-state index contributed by atoms with van der Waals surface area (Å²) in [6, 6.07) is 0.511. The Kier molecular flexibility index (Phi) is 6.56. The Bertz CT molecular complexity index is 224. The number of hydrogen-bond acceptors (Lipinski definition) is 2. The van der Waals surface area contributed by atoms with E-state index in [-0.39, 0.29) is 0 Å². The van der Waals surface area contributed by atoms with Gasteiger partial charge in [0, 0.05) is 19.5 Å². The molecule has 0 aliphatic heterocycles. The van der Waals surface area contributed by atoms with E-state index in [1.165, 1.54) is 25.7 Å². The van der Waals surface area contributed by atoms with Gasteiger partial charge in [-0.15, -0.1) is 0 Å². The zero-order chi connectivity index (χ0) is 12.7. The van der Waals surface area contributed by atoms with Crippen LogP contribution in [-0.2, 0) is 4.79 Å². The minimum Gasteiger partial charge on any atom is -0.343 e. The largest absolute Gasteiger partial charge is 0.343 e. The maximum atomic E-state index is 12.0. The summed E-state index contributed by atoms with van der Waals surface area (Å²) >= 11 is 0. The second-order valence-corrected chi connectivity index (χ2v) is 5.33. The fraction of sp³-hybridized carbons (Fsp3) is 0.929. The van der Waals surface area contributed by atoms with Crippen LogP contribution in [0.25, 0.3) is 0 Å². The monoisotopic (exact) mass is 240 g/mol. The van der Waals surface area contributed by atoms with Gasteiger partial charge in [-0.25, -0.2) is 0 Å². The Labute approximate surface area is 106 Å². The highest BCUT2D eigenvalue weighted by Crippen LogP contribution is 2.23. The summed E-state index contributed by atoms with van der Waals surface area (Å²) in [4.78, 5) is 14.0. The van der Waals surface area contributed by atoms with E-state index < -0.39 is 0 Å². The summed E-state index contributed by atoms with van der Waals surface area (Å²) in [7, 11) is 1.97. The number of amides is 1. The standard InChI is InChI=1S/C14H28N2O/c1-3-12(10-11-15)8-9-14(17)16(2)13-6-4-5-7-13/h12-13H,3-11,15H2,1-2H3. The molecular formula is C14H28N2O. The van der Waals surface area contributed by atoms with E-state index in [9.17, 15) is 4.79 Å². The first-order valence-electron chi connectivity index (χ1n) is 7.14. The lowest BCUT2D eigenvalue weighted by atomic mass is 9.96. The molecule has 0 aromatic carbocycles. The molecule has 1 fully saturated rings. The summed E-state index contributed by atoms with van der Waals surface area (Å²) in [6.07, 6.45) is 8.86. The molecule has 17 heavy (non-hydrogen) atoms. The van der Waals surface area contributed by atoms with Gasteiger partial charge >= 0.3 is 0 Å². The van der Waals surface area contributed by atoms with Crippen molar-refractivity contribution in [2.45, 2.75) is 64.3 Å². The molecule has 0 aromatic rings.